The molecule has 0 saturated carbocycles. The van der Waals surface area contributed by atoms with Crippen molar-refractivity contribution in [3.63, 3.8) is 0 Å². The summed E-state index contributed by atoms with van der Waals surface area (Å²) in [5, 5.41) is 8.27. The van der Waals surface area contributed by atoms with Crippen molar-refractivity contribution in [1.29, 1.82) is 0 Å². The first kappa shape index (κ1) is 19.8. The third-order valence-corrected chi connectivity index (χ3v) is 4.35. The van der Waals surface area contributed by atoms with Gasteiger partial charge in [0.1, 0.15) is 12.4 Å². The number of alkyl halides is 3. The summed E-state index contributed by atoms with van der Waals surface area (Å²) in [4.78, 5) is 4.29. The molecule has 154 valence electrons. The number of halogens is 3. The van der Waals surface area contributed by atoms with Crippen LogP contribution in [0.15, 0.2) is 60.9 Å². The number of fused-ring (bicyclic) bond motifs is 1. The number of nitrogens with zero attached hydrogens (tertiary/aromatic N) is 4. The Morgan fingerprint density at radius 3 is 2.37 bits per heavy atom. The highest BCUT2D eigenvalue weighted by Crippen LogP contribution is 2.27. The maximum atomic E-state index is 12.3. The molecule has 0 radical (unpaired) electrons. The van der Waals surface area contributed by atoms with E-state index in [-0.39, 0.29) is 12.4 Å². The van der Waals surface area contributed by atoms with E-state index in [1.807, 2.05) is 31.3 Å². The number of pyridine rings is 2. The highest BCUT2D eigenvalue weighted by Gasteiger charge is 2.30. The highest BCUT2D eigenvalue weighted by atomic mass is 19.4. The number of aromatic nitrogens is 4. The van der Waals surface area contributed by atoms with Crippen molar-refractivity contribution in [2.75, 3.05) is 0 Å². The second-order valence-electron chi connectivity index (χ2n) is 6.65. The summed E-state index contributed by atoms with van der Waals surface area (Å²) >= 11 is 0. The van der Waals surface area contributed by atoms with Crippen molar-refractivity contribution < 1.29 is 22.6 Å². The average Bonchev–Trinajstić information content (AvgIpc) is 3.11. The maximum Gasteiger partial charge on any atom is 0.573 e. The smallest absolute Gasteiger partial charge is 0.406 e. The van der Waals surface area contributed by atoms with Crippen LogP contribution in [-0.2, 0) is 18.0 Å². The topological polar surface area (TPSA) is 61.5 Å². The lowest BCUT2D eigenvalue weighted by molar-refractivity contribution is -0.274. The molecule has 0 fully saturated rings. The Balaban J connectivity index is 1.49. The minimum absolute atomic E-state index is 0.235. The Morgan fingerprint density at radius 1 is 0.900 bits per heavy atom. The summed E-state index contributed by atoms with van der Waals surface area (Å²) < 4.78 is 48.4. The number of aryl methyl sites for hydroxylation is 1. The van der Waals surface area contributed by atoms with Gasteiger partial charge in [0.2, 0.25) is 0 Å². The van der Waals surface area contributed by atoms with Gasteiger partial charge in [-0.3, -0.25) is 9.38 Å². The first-order valence-electron chi connectivity index (χ1n) is 9.06. The molecular weight excluding hydrogens is 397 g/mol. The molecular formula is C21H17F3N4O2. The SMILES string of the molecule is Cc1ccc(COCc2nnc3ccc(-c4ccc(OC(F)(F)F)cc4)cn23)nc1. The van der Waals surface area contributed by atoms with E-state index in [1.54, 1.807) is 28.8 Å². The van der Waals surface area contributed by atoms with E-state index in [4.69, 9.17) is 4.74 Å². The number of ether oxygens (including phenoxy) is 2. The first-order valence-corrected chi connectivity index (χ1v) is 9.06. The van der Waals surface area contributed by atoms with Gasteiger partial charge in [0.25, 0.3) is 0 Å². The van der Waals surface area contributed by atoms with Crippen LogP contribution in [0.5, 0.6) is 5.75 Å². The normalized spacial score (nSPS) is 11.7. The van der Waals surface area contributed by atoms with Gasteiger partial charge in [-0.25, -0.2) is 0 Å². The average molecular weight is 414 g/mol. The molecule has 1 aromatic carbocycles. The van der Waals surface area contributed by atoms with Gasteiger partial charge in [0.15, 0.2) is 11.5 Å². The lowest BCUT2D eigenvalue weighted by Crippen LogP contribution is -2.16. The lowest BCUT2D eigenvalue weighted by Gasteiger charge is -2.09. The van der Waals surface area contributed by atoms with E-state index in [1.165, 1.54) is 12.1 Å². The largest absolute Gasteiger partial charge is 0.573 e. The molecule has 0 unspecified atom stereocenters. The first-order chi connectivity index (χ1) is 14.4. The number of rotatable bonds is 6. The van der Waals surface area contributed by atoms with Crippen LogP contribution in [0.25, 0.3) is 16.8 Å². The molecule has 0 saturated heterocycles. The van der Waals surface area contributed by atoms with Crippen molar-refractivity contribution in [2.24, 2.45) is 0 Å². The molecule has 3 aromatic heterocycles. The number of hydrogen-bond donors (Lipinski definition) is 0. The van der Waals surface area contributed by atoms with Crippen molar-refractivity contribution in [1.82, 2.24) is 19.6 Å². The predicted molar refractivity (Wildman–Crippen MR) is 103 cm³/mol. The van der Waals surface area contributed by atoms with Gasteiger partial charge in [-0.1, -0.05) is 18.2 Å². The molecule has 0 N–H and O–H groups in total. The van der Waals surface area contributed by atoms with Crippen LogP contribution in [-0.4, -0.2) is 25.9 Å². The second-order valence-corrected chi connectivity index (χ2v) is 6.65. The highest BCUT2D eigenvalue weighted by molar-refractivity contribution is 5.65. The zero-order valence-corrected chi connectivity index (χ0v) is 15.9. The van der Waals surface area contributed by atoms with Gasteiger partial charge in [0, 0.05) is 12.4 Å². The third-order valence-electron chi connectivity index (χ3n) is 4.35. The van der Waals surface area contributed by atoms with Gasteiger partial charge in [-0.15, -0.1) is 23.4 Å². The second kappa shape index (κ2) is 8.11. The lowest BCUT2D eigenvalue weighted by atomic mass is 10.1. The van der Waals surface area contributed by atoms with Crippen molar-refractivity contribution in [2.45, 2.75) is 26.5 Å². The molecule has 0 spiro atoms. The monoisotopic (exact) mass is 414 g/mol. The Kier molecular flexibility index (Phi) is 5.37. The predicted octanol–water partition coefficient (Wildman–Crippen LogP) is 4.72. The summed E-state index contributed by atoms with van der Waals surface area (Å²) in [5.74, 6) is 0.339. The van der Waals surface area contributed by atoms with Crippen LogP contribution in [0.3, 0.4) is 0 Å². The summed E-state index contributed by atoms with van der Waals surface area (Å²) in [6, 6.07) is 13.2. The molecule has 0 amide bonds. The van der Waals surface area contributed by atoms with Crippen LogP contribution in [0.2, 0.25) is 0 Å². The molecule has 30 heavy (non-hydrogen) atoms. The number of hydrogen-bond acceptors (Lipinski definition) is 5. The fourth-order valence-corrected chi connectivity index (χ4v) is 2.89. The van der Waals surface area contributed by atoms with E-state index < -0.39 is 6.36 Å². The molecule has 0 aliphatic rings. The molecule has 0 aliphatic heterocycles. The van der Waals surface area contributed by atoms with Crippen LogP contribution in [0, 0.1) is 6.92 Å². The molecule has 9 heteroatoms. The van der Waals surface area contributed by atoms with Crippen molar-refractivity contribution in [3.8, 4) is 16.9 Å². The van der Waals surface area contributed by atoms with Gasteiger partial charge in [0.05, 0.1) is 12.3 Å². The minimum atomic E-state index is -4.72. The van der Waals surface area contributed by atoms with Crippen LogP contribution in [0.4, 0.5) is 13.2 Å². The quantitative estimate of drug-likeness (QED) is 0.457. The fourth-order valence-electron chi connectivity index (χ4n) is 2.89. The fraction of sp³-hybridized carbons (Fsp3) is 0.190. The van der Waals surface area contributed by atoms with E-state index in [2.05, 4.69) is 19.9 Å². The Hall–Kier alpha value is -3.46. The van der Waals surface area contributed by atoms with Gasteiger partial charge >= 0.3 is 6.36 Å². The van der Waals surface area contributed by atoms with Gasteiger partial charge < -0.3 is 9.47 Å². The molecule has 4 aromatic rings. The van der Waals surface area contributed by atoms with E-state index in [0.29, 0.717) is 18.1 Å². The van der Waals surface area contributed by atoms with E-state index >= 15 is 0 Å². The summed E-state index contributed by atoms with van der Waals surface area (Å²) in [7, 11) is 0. The van der Waals surface area contributed by atoms with Crippen molar-refractivity contribution >= 4 is 5.65 Å². The molecule has 6 nitrogen and oxygen atoms in total. The zero-order valence-electron chi connectivity index (χ0n) is 15.9. The molecule has 0 aliphatic carbocycles. The summed E-state index contributed by atoms with van der Waals surface area (Å²) in [5.41, 5.74) is 4.06. The van der Waals surface area contributed by atoms with Crippen LogP contribution in [0.1, 0.15) is 17.1 Å². The Morgan fingerprint density at radius 2 is 1.67 bits per heavy atom. The van der Waals surface area contributed by atoms with Gasteiger partial charge in [-0.05, 0) is 53.9 Å². The molecule has 4 rings (SSSR count). The molecule has 3 heterocycles. The van der Waals surface area contributed by atoms with Crippen LogP contribution < -0.4 is 4.74 Å². The van der Waals surface area contributed by atoms with E-state index in [9.17, 15) is 13.2 Å². The number of benzene rings is 1. The molecule has 0 atom stereocenters. The minimum Gasteiger partial charge on any atom is -0.406 e. The zero-order chi connectivity index (χ0) is 21.1. The van der Waals surface area contributed by atoms with Crippen molar-refractivity contribution in [3.05, 3.63) is 78.0 Å². The summed E-state index contributed by atoms with van der Waals surface area (Å²) in [6.07, 6.45) is -1.12. The van der Waals surface area contributed by atoms with E-state index in [0.717, 1.165) is 22.4 Å². The third kappa shape index (κ3) is 4.74. The Bertz CT molecular complexity index is 1140. The molecule has 0 bridgehead atoms. The summed E-state index contributed by atoms with van der Waals surface area (Å²) in [6.45, 7) is 2.54. The van der Waals surface area contributed by atoms with Crippen LogP contribution >= 0.6 is 0 Å². The van der Waals surface area contributed by atoms with Gasteiger partial charge in [-0.2, -0.15) is 0 Å². The maximum absolute atomic E-state index is 12.3. The standard InChI is InChI=1S/C21H17F3N4O2/c1-14-2-6-17(25-10-14)12-29-13-20-27-26-19-9-5-16(11-28(19)20)15-3-7-18(8-4-15)30-21(22,23)24/h2-11H,12-13H2,1H3. The Labute approximate surface area is 169 Å².